The summed E-state index contributed by atoms with van der Waals surface area (Å²) in [4.78, 5) is 20.8. The van der Waals surface area contributed by atoms with Crippen LogP contribution in [0.1, 0.15) is 5.56 Å². The fraction of sp³-hybridized carbons (Fsp3) is 0.450. The minimum Gasteiger partial charge on any atom is -0.370 e. The van der Waals surface area contributed by atoms with E-state index < -0.39 is 11.7 Å². The molecule has 2 saturated heterocycles. The summed E-state index contributed by atoms with van der Waals surface area (Å²) in [7, 11) is 0. The number of likely N-dealkylation sites (tertiary alicyclic amines) is 1. The zero-order valence-corrected chi connectivity index (χ0v) is 15.5. The first-order chi connectivity index (χ1) is 13.9. The number of nitrogens with zero attached hydrogens (tertiary/aromatic N) is 4. The molecule has 2 unspecified atom stereocenters. The molecule has 0 bridgehead atoms. The number of carbonyl (C=O) groups is 1. The van der Waals surface area contributed by atoms with Gasteiger partial charge in [0.1, 0.15) is 11.9 Å². The first kappa shape index (κ1) is 18.2. The number of alkyl halides is 3. The Morgan fingerprint density at radius 1 is 1.10 bits per heavy atom. The number of rotatable bonds is 2. The van der Waals surface area contributed by atoms with Crippen LogP contribution in [0.3, 0.4) is 0 Å². The van der Waals surface area contributed by atoms with Crippen molar-refractivity contribution in [3.63, 3.8) is 0 Å². The van der Waals surface area contributed by atoms with Crippen molar-refractivity contribution in [2.24, 2.45) is 27.8 Å². The van der Waals surface area contributed by atoms with Gasteiger partial charge in [-0.15, -0.1) is 0 Å². The predicted molar refractivity (Wildman–Crippen MR) is 103 cm³/mol. The molecule has 4 aliphatic rings. The molecule has 2 fully saturated rings. The summed E-state index contributed by atoms with van der Waals surface area (Å²) < 4.78 is 40.1. The van der Waals surface area contributed by atoms with E-state index in [9.17, 15) is 18.0 Å². The van der Waals surface area contributed by atoms with Crippen molar-refractivity contribution in [3.8, 4) is 0 Å². The Balaban J connectivity index is 1.27. The zero-order valence-electron chi connectivity index (χ0n) is 15.5. The van der Waals surface area contributed by atoms with Crippen LogP contribution in [-0.2, 0) is 11.0 Å². The molecular weight excluding hydrogens is 383 g/mol. The summed E-state index contributed by atoms with van der Waals surface area (Å²) in [5, 5.41) is 4.19. The van der Waals surface area contributed by atoms with E-state index in [1.807, 2.05) is 17.1 Å². The van der Waals surface area contributed by atoms with Crippen molar-refractivity contribution in [1.82, 2.24) is 10.3 Å². The van der Waals surface area contributed by atoms with Crippen molar-refractivity contribution < 1.29 is 18.0 Å². The second-order valence-corrected chi connectivity index (χ2v) is 7.93. The maximum Gasteiger partial charge on any atom is 0.418 e. The molecule has 152 valence electrons. The zero-order chi connectivity index (χ0) is 20.2. The minimum absolute atomic E-state index is 0.108. The molecule has 0 aliphatic carbocycles. The molecule has 4 heterocycles. The highest BCUT2D eigenvalue weighted by molar-refractivity contribution is 6.40. The summed E-state index contributed by atoms with van der Waals surface area (Å²) in [5.74, 6) is 0.0447. The van der Waals surface area contributed by atoms with E-state index in [2.05, 4.69) is 15.5 Å². The monoisotopic (exact) mass is 403 g/mol. The van der Waals surface area contributed by atoms with Gasteiger partial charge < -0.3 is 9.80 Å². The lowest BCUT2D eigenvalue weighted by Gasteiger charge is -2.26. The van der Waals surface area contributed by atoms with Crippen molar-refractivity contribution >= 4 is 23.5 Å². The molecule has 29 heavy (non-hydrogen) atoms. The van der Waals surface area contributed by atoms with Gasteiger partial charge >= 0.3 is 6.18 Å². The molecular formula is C20H20F3N5O. The van der Waals surface area contributed by atoms with Gasteiger partial charge in [-0.25, -0.2) is 0 Å². The van der Waals surface area contributed by atoms with Gasteiger partial charge in [0.2, 0.25) is 0 Å². The normalized spacial score (nSPS) is 30.2. The maximum atomic E-state index is 13.4. The lowest BCUT2D eigenvalue weighted by Crippen LogP contribution is -2.41. The van der Waals surface area contributed by atoms with Gasteiger partial charge in [-0.1, -0.05) is 18.2 Å². The molecule has 1 N–H and O–H groups in total. The quantitative estimate of drug-likeness (QED) is 0.823. The summed E-state index contributed by atoms with van der Waals surface area (Å²) in [6.45, 7) is 2.11. The molecule has 1 aromatic carbocycles. The first-order valence-electron chi connectivity index (χ1n) is 9.65. The number of hydrogen-bond donors (Lipinski definition) is 1. The number of hydrazone groups is 1. The molecule has 0 saturated carbocycles. The van der Waals surface area contributed by atoms with Crippen LogP contribution in [0.5, 0.6) is 0 Å². The molecule has 1 amide bonds. The van der Waals surface area contributed by atoms with E-state index in [0.29, 0.717) is 31.9 Å². The fourth-order valence-corrected chi connectivity index (χ4v) is 4.77. The van der Waals surface area contributed by atoms with Gasteiger partial charge in [0.15, 0.2) is 0 Å². The van der Waals surface area contributed by atoms with Gasteiger partial charge in [0.25, 0.3) is 5.91 Å². The number of hydrogen-bond acceptors (Lipinski definition) is 5. The highest BCUT2D eigenvalue weighted by Gasteiger charge is 2.46. The fourth-order valence-electron chi connectivity index (χ4n) is 4.77. The summed E-state index contributed by atoms with van der Waals surface area (Å²) in [6, 6.07) is 5.70. The Bertz CT molecular complexity index is 911. The molecule has 6 nitrogen and oxygen atoms in total. The molecule has 0 aromatic heterocycles. The number of anilines is 1. The van der Waals surface area contributed by atoms with Crippen LogP contribution < -0.4 is 10.3 Å². The SMILES string of the molecule is O=C(C1=NNC2N=CC=CC12)N1C[C@@H]2CN(c3ccccc3C(F)(F)F)C[C@@H]2C1. The lowest BCUT2D eigenvalue weighted by atomic mass is 9.98. The number of benzene rings is 1. The Hall–Kier alpha value is -2.84. The molecule has 0 radical (unpaired) electrons. The van der Waals surface area contributed by atoms with E-state index >= 15 is 0 Å². The van der Waals surface area contributed by atoms with Gasteiger partial charge in [-0.05, 0) is 18.2 Å². The molecule has 5 rings (SSSR count). The third-order valence-electron chi connectivity index (χ3n) is 6.17. The first-order valence-corrected chi connectivity index (χ1v) is 9.65. The highest BCUT2D eigenvalue weighted by atomic mass is 19.4. The molecule has 9 heteroatoms. The number of fused-ring (bicyclic) bond motifs is 2. The number of nitrogens with one attached hydrogen (secondary N) is 1. The second-order valence-electron chi connectivity index (χ2n) is 7.93. The van der Waals surface area contributed by atoms with E-state index in [-0.39, 0.29) is 35.5 Å². The van der Waals surface area contributed by atoms with Crippen molar-refractivity contribution in [3.05, 3.63) is 42.0 Å². The topological polar surface area (TPSA) is 60.3 Å². The van der Waals surface area contributed by atoms with Crippen LogP contribution in [0.25, 0.3) is 0 Å². The van der Waals surface area contributed by atoms with Crippen molar-refractivity contribution in [2.75, 3.05) is 31.1 Å². The summed E-state index contributed by atoms with van der Waals surface area (Å²) in [6.07, 6.45) is 0.809. The number of amides is 1. The number of halogens is 3. The Kier molecular flexibility index (Phi) is 4.15. The minimum atomic E-state index is -4.38. The average molecular weight is 403 g/mol. The number of para-hydroxylation sites is 1. The van der Waals surface area contributed by atoms with Gasteiger partial charge in [0, 0.05) is 49.9 Å². The molecule has 4 atom stereocenters. The average Bonchev–Trinajstić information content (AvgIpc) is 3.39. The Morgan fingerprint density at radius 3 is 2.55 bits per heavy atom. The van der Waals surface area contributed by atoms with E-state index in [4.69, 9.17) is 0 Å². The lowest BCUT2D eigenvalue weighted by molar-refractivity contribution is -0.137. The predicted octanol–water partition coefficient (Wildman–Crippen LogP) is 2.14. The van der Waals surface area contributed by atoms with Crippen LogP contribution in [0.2, 0.25) is 0 Å². The van der Waals surface area contributed by atoms with Gasteiger partial charge in [0.05, 0.1) is 11.5 Å². The number of dihydropyridines is 1. The maximum absolute atomic E-state index is 13.4. The van der Waals surface area contributed by atoms with E-state index in [0.717, 1.165) is 6.07 Å². The summed E-state index contributed by atoms with van der Waals surface area (Å²) >= 11 is 0. The van der Waals surface area contributed by atoms with Crippen molar-refractivity contribution in [2.45, 2.75) is 12.3 Å². The van der Waals surface area contributed by atoms with Crippen LogP contribution in [0, 0.1) is 17.8 Å². The third kappa shape index (κ3) is 3.08. The number of allylic oxidation sites excluding steroid dienone is 1. The van der Waals surface area contributed by atoms with Crippen LogP contribution in [0.15, 0.2) is 46.5 Å². The smallest absolute Gasteiger partial charge is 0.370 e. The number of aliphatic imine (C=N–C) groups is 1. The largest absolute Gasteiger partial charge is 0.418 e. The van der Waals surface area contributed by atoms with Gasteiger partial charge in [-0.3, -0.25) is 15.2 Å². The molecule has 1 aromatic rings. The molecule has 0 spiro atoms. The van der Waals surface area contributed by atoms with Crippen LogP contribution in [-0.4, -0.2) is 55.1 Å². The van der Waals surface area contributed by atoms with E-state index in [1.165, 1.54) is 12.1 Å². The van der Waals surface area contributed by atoms with E-state index in [1.54, 1.807) is 17.2 Å². The van der Waals surface area contributed by atoms with Crippen LogP contribution in [0.4, 0.5) is 18.9 Å². The standard InChI is InChI=1S/C20H20F3N5O/c21-20(22,23)15-5-1-2-6-16(15)27-8-12-10-28(11-13(12)9-27)19(29)17-14-4-3-7-24-18(14)26-25-17/h1-7,12-14,18,26H,8-11H2/t12-,13+,14?,18?. The Labute approximate surface area is 165 Å². The number of carbonyl (C=O) groups excluding carboxylic acids is 1. The van der Waals surface area contributed by atoms with Gasteiger partial charge in [-0.2, -0.15) is 18.3 Å². The Morgan fingerprint density at radius 2 is 1.83 bits per heavy atom. The summed E-state index contributed by atoms with van der Waals surface area (Å²) in [5.41, 5.74) is 2.97. The third-order valence-corrected chi connectivity index (χ3v) is 6.17. The highest BCUT2D eigenvalue weighted by Crippen LogP contribution is 2.41. The second kappa shape index (κ2) is 6.60. The molecule has 4 aliphatic heterocycles. The van der Waals surface area contributed by atoms with Crippen molar-refractivity contribution in [1.29, 1.82) is 0 Å². The van der Waals surface area contributed by atoms with Crippen LogP contribution >= 0.6 is 0 Å².